The zero-order chi connectivity index (χ0) is 16.3. The van der Waals surface area contributed by atoms with E-state index in [0.29, 0.717) is 0 Å². The predicted molar refractivity (Wildman–Crippen MR) is 78.3 cm³/mol. The van der Waals surface area contributed by atoms with Crippen LogP contribution in [0, 0.1) is 17.5 Å². The minimum atomic E-state index is -1.07. The van der Waals surface area contributed by atoms with Crippen LogP contribution in [0.5, 0.6) is 0 Å². The average Bonchev–Trinajstić information content (AvgIpc) is 2.46. The van der Waals surface area contributed by atoms with Crippen molar-refractivity contribution in [1.29, 1.82) is 0 Å². The van der Waals surface area contributed by atoms with Gasteiger partial charge in [0, 0.05) is 29.4 Å². The van der Waals surface area contributed by atoms with Crippen LogP contribution >= 0.6 is 11.6 Å². The van der Waals surface area contributed by atoms with E-state index in [1.165, 1.54) is 36.2 Å². The third-order valence-corrected chi connectivity index (χ3v) is 3.33. The zero-order valence-electron chi connectivity index (χ0n) is 11.5. The Labute approximate surface area is 130 Å². The third kappa shape index (κ3) is 3.71. The summed E-state index contributed by atoms with van der Waals surface area (Å²) in [4.78, 5) is 13.1. The van der Waals surface area contributed by atoms with Gasteiger partial charge in [0.1, 0.15) is 5.82 Å². The number of hydrogen-bond acceptors (Lipinski definition) is 1. The van der Waals surface area contributed by atoms with Gasteiger partial charge in [0.05, 0.1) is 6.54 Å². The molecule has 0 fully saturated rings. The van der Waals surface area contributed by atoms with Crippen LogP contribution in [-0.2, 0) is 6.54 Å². The van der Waals surface area contributed by atoms with E-state index in [1.807, 2.05) is 0 Å². The van der Waals surface area contributed by atoms with E-state index in [4.69, 9.17) is 11.6 Å². The van der Waals surface area contributed by atoms with Gasteiger partial charge in [0.25, 0.3) is 0 Å². The molecule has 0 aliphatic heterocycles. The minimum absolute atomic E-state index is 0.0684. The SMILES string of the molecule is CN(Cc1c(F)cccc1Cl)C(=O)Nc1ccc(F)c(F)c1. The monoisotopic (exact) mass is 328 g/mol. The lowest BCUT2D eigenvalue weighted by Gasteiger charge is -2.19. The molecule has 116 valence electrons. The lowest BCUT2D eigenvalue weighted by Crippen LogP contribution is -2.31. The van der Waals surface area contributed by atoms with Gasteiger partial charge in [-0.25, -0.2) is 18.0 Å². The molecule has 1 N–H and O–H groups in total. The van der Waals surface area contributed by atoms with Crippen molar-refractivity contribution in [3.05, 3.63) is 64.4 Å². The van der Waals surface area contributed by atoms with Gasteiger partial charge < -0.3 is 10.2 Å². The van der Waals surface area contributed by atoms with Gasteiger partial charge in [-0.3, -0.25) is 0 Å². The Morgan fingerprint density at radius 2 is 1.86 bits per heavy atom. The first-order valence-electron chi connectivity index (χ1n) is 6.28. The number of urea groups is 1. The predicted octanol–water partition coefficient (Wildman–Crippen LogP) is 4.42. The molecule has 2 aromatic carbocycles. The van der Waals surface area contributed by atoms with E-state index >= 15 is 0 Å². The fourth-order valence-electron chi connectivity index (χ4n) is 1.79. The lowest BCUT2D eigenvalue weighted by molar-refractivity contribution is 0.220. The molecular formula is C15H12ClF3N2O. The highest BCUT2D eigenvalue weighted by atomic mass is 35.5. The molecule has 0 aliphatic rings. The number of carbonyl (C=O) groups excluding carboxylic acids is 1. The summed E-state index contributed by atoms with van der Waals surface area (Å²) in [5.41, 5.74) is 0.266. The van der Waals surface area contributed by atoms with E-state index in [-0.39, 0.29) is 22.8 Å². The highest BCUT2D eigenvalue weighted by Gasteiger charge is 2.15. The Morgan fingerprint density at radius 1 is 1.14 bits per heavy atom. The number of nitrogens with one attached hydrogen (secondary N) is 1. The first-order valence-corrected chi connectivity index (χ1v) is 6.66. The molecule has 3 nitrogen and oxygen atoms in total. The topological polar surface area (TPSA) is 32.3 Å². The first kappa shape index (κ1) is 16.2. The molecular weight excluding hydrogens is 317 g/mol. The van der Waals surface area contributed by atoms with E-state index in [1.54, 1.807) is 0 Å². The van der Waals surface area contributed by atoms with Crippen molar-refractivity contribution in [2.24, 2.45) is 0 Å². The van der Waals surface area contributed by atoms with Crippen molar-refractivity contribution < 1.29 is 18.0 Å². The fraction of sp³-hybridized carbons (Fsp3) is 0.133. The van der Waals surface area contributed by atoms with Gasteiger partial charge in [-0.2, -0.15) is 0 Å². The number of benzene rings is 2. The molecule has 0 saturated carbocycles. The summed E-state index contributed by atoms with van der Waals surface area (Å²) in [6.07, 6.45) is 0. The molecule has 7 heteroatoms. The molecule has 0 saturated heterocycles. The van der Waals surface area contributed by atoms with Crippen LogP contribution in [-0.4, -0.2) is 18.0 Å². The molecule has 0 unspecified atom stereocenters. The fourth-order valence-corrected chi connectivity index (χ4v) is 2.01. The first-order chi connectivity index (χ1) is 10.4. The third-order valence-electron chi connectivity index (χ3n) is 2.97. The van der Waals surface area contributed by atoms with Gasteiger partial charge in [-0.1, -0.05) is 17.7 Å². The maximum absolute atomic E-state index is 13.7. The zero-order valence-corrected chi connectivity index (χ0v) is 12.3. The van der Waals surface area contributed by atoms with Crippen LogP contribution < -0.4 is 5.32 Å². The molecule has 2 rings (SSSR count). The molecule has 0 spiro atoms. The van der Waals surface area contributed by atoms with Crippen molar-refractivity contribution in [2.45, 2.75) is 6.54 Å². The van der Waals surface area contributed by atoms with E-state index < -0.39 is 23.5 Å². The number of carbonyl (C=O) groups is 1. The highest BCUT2D eigenvalue weighted by molar-refractivity contribution is 6.31. The quantitative estimate of drug-likeness (QED) is 0.888. The van der Waals surface area contributed by atoms with Gasteiger partial charge in [-0.05, 0) is 24.3 Å². The molecule has 0 radical (unpaired) electrons. The second-order valence-corrected chi connectivity index (χ2v) is 5.02. The van der Waals surface area contributed by atoms with Crippen LogP contribution in [0.3, 0.4) is 0 Å². The molecule has 0 bridgehead atoms. The van der Waals surface area contributed by atoms with E-state index in [0.717, 1.165) is 12.1 Å². The number of halogens is 4. The standard InChI is InChI=1S/C15H12ClF3N2O/c1-21(8-10-11(16)3-2-4-12(10)17)15(22)20-9-5-6-13(18)14(19)7-9/h2-7H,8H2,1H3,(H,20,22). The summed E-state index contributed by atoms with van der Waals surface area (Å²) in [5.74, 6) is -2.61. The number of rotatable bonds is 3. The normalized spacial score (nSPS) is 10.4. The molecule has 0 atom stereocenters. The van der Waals surface area contributed by atoms with Crippen molar-refractivity contribution in [1.82, 2.24) is 4.90 Å². The number of anilines is 1. The summed E-state index contributed by atoms with van der Waals surface area (Å²) < 4.78 is 39.6. The Balaban J connectivity index is 2.07. The largest absolute Gasteiger partial charge is 0.323 e. The molecule has 0 aliphatic carbocycles. The van der Waals surface area contributed by atoms with Crippen LogP contribution in [0.15, 0.2) is 36.4 Å². The molecule has 2 amide bonds. The van der Waals surface area contributed by atoms with Crippen molar-refractivity contribution in [3.63, 3.8) is 0 Å². The van der Waals surface area contributed by atoms with Crippen molar-refractivity contribution in [3.8, 4) is 0 Å². The van der Waals surface area contributed by atoms with Crippen molar-refractivity contribution >= 4 is 23.3 Å². The number of nitrogens with zero attached hydrogens (tertiary/aromatic N) is 1. The summed E-state index contributed by atoms with van der Waals surface area (Å²) >= 11 is 5.89. The summed E-state index contributed by atoms with van der Waals surface area (Å²) in [6, 6.07) is 6.59. The second-order valence-electron chi connectivity index (χ2n) is 4.62. The van der Waals surface area contributed by atoms with E-state index in [9.17, 15) is 18.0 Å². The Bertz CT molecular complexity index is 689. The van der Waals surface area contributed by atoms with Gasteiger partial charge in [0.2, 0.25) is 0 Å². The summed E-state index contributed by atoms with van der Waals surface area (Å²) in [6.45, 7) is -0.0684. The maximum atomic E-state index is 13.7. The smallest absolute Gasteiger partial charge is 0.321 e. The van der Waals surface area contributed by atoms with Gasteiger partial charge in [0.15, 0.2) is 11.6 Å². The van der Waals surface area contributed by atoms with Crippen LogP contribution in [0.25, 0.3) is 0 Å². The van der Waals surface area contributed by atoms with Gasteiger partial charge >= 0.3 is 6.03 Å². The summed E-state index contributed by atoms with van der Waals surface area (Å²) in [7, 11) is 1.43. The lowest BCUT2D eigenvalue weighted by atomic mass is 10.2. The molecule has 22 heavy (non-hydrogen) atoms. The second kappa shape index (κ2) is 6.70. The van der Waals surface area contributed by atoms with Crippen LogP contribution in [0.4, 0.5) is 23.7 Å². The Kier molecular flexibility index (Phi) is 4.92. The maximum Gasteiger partial charge on any atom is 0.321 e. The highest BCUT2D eigenvalue weighted by Crippen LogP contribution is 2.21. The summed E-state index contributed by atoms with van der Waals surface area (Å²) in [5, 5.41) is 2.59. The molecule has 2 aromatic rings. The number of amides is 2. The molecule has 0 heterocycles. The number of hydrogen-bond donors (Lipinski definition) is 1. The van der Waals surface area contributed by atoms with E-state index in [2.05, 4.69) is 5.32 Å². The molecule has 0 aromatic heterocycles. The van der Waals surface area contributed by atoms with Crippen LogP contribution in [0.1, 0.15) is 5.56 Å². The Hall–Kier alpha value is -2.21. The van der Waals surface area contributed by atoms with Crippen LogP contribution in [0.2, 0.25) is 5.02 Å². The van der Waals surface area contributed by atoms with Gasteiger partial charge in [-0.15, -0.1) is 0 Å². The average molecular weight is 329 g/mol. The van der Waals surface area contributed by atoms with Crippen molar-refractivity contribution in [2.75, 3.05) is 12.4 Å². The Morgan fingerprint density at radius 3 is 2.50 bits per heavy atom. The minimum Gasteiger partial charge on any atom is -0.323 e.